The maximum Gasteiger partial charge on any atom is 0.245 e. The number of sulfonamides is 1. The Morgan fingerprint density at radius 3 is 2.65 bits per heavy atom. The summed E-state index contributed by atoms with van der Waals surface area (Å²) in [5.74, 6) is -0.397. The molecule has 0 bridgehead atoms. The summed E-state index contributed by atoms with van der Waals surface area (Å²) in [5, 5.41) is 3.24. The minimum absolute atomic E-state index is 0.267. The topological polar surface area (TPSA) is 49.4 Å². The van der Waals surface area contributed by atoms with Gasteiger partial charge in [-0.25, -0.2) is 17.1 Å². The number of hydrogen-bond acceptors (Lipinski definition) is 3. The zero-order chi connectivity index (χ0) is 14.8. The number of piperidine rings is 1. The van der Waals surface area contributed by atoms with Gasteiger partial charge in [0.2, 0.25) is 10.0 Å². The zero-order valence-electron chi connectivity index (χ0n) is 11.3. The van der Waals surface area contributed by atoms with E-state index in [-0.39, 0.29) is 4.90 Å². The molecular formula is C13H18BrFN2O2S. The number of rotatable bonds is 4. The molecule has 0 radical (unpaired) electrons. The Kier molecular flexibility index (Phi) is 5.17. The summed E-state index contributed by atoms with van der Waals surface area (Å²) >= 11 is 3.12. The van der Waals surface area contributed by atoms with Crippen molar-refractivity contribution in [1.82, 2.24) is 9.62 Å². The highest BCUT2D eigenvalue weighted by Gasteiger charge is 2.27. The fourth-order valence-corrected chi connectivity index (χ4v) is 4.00. The quantitative estimate of drug-likeness (QED) is 0.890. The van der Waals surface area contributed by atoms with Gasteiger partial charge >= 0.3 is 0 Å². The van der Waals surface area contributed by atoms with Crippen molar-refractivity contribution in [2.45, 2.75) is 17.7 Å². The van der Waals surface area contributed by atoms with Crippen molar-refractivity contribution in [1.29, 1.82) is 0 Å². The van der Waals surface area contributed by atoms with Crippen LogP contribution in [0.5, 0.6) is 0 Å². The van der Waals surface area contributed by atoms with Crippen molar-refractivity contribution in [2.75, 3.05) is 26.7 Å². The number of hydrogen-bond donors (Lipinski definition) is 1. The maximum atomic E-state index is 13.8. The second kappa shape index (κ2) is 6.51. The molecule has 1 fully saturated rings. The van der Waals surface area contributed by atoms with Crippen LogP contribution < -0.4 is 5.32 Å². The second-order valence-corrected chi connectivity index (χ2v) is 7.98. The smallest absolute Gasteiger partial charge is 0.245 e. The summed E-state index contributed by atoms with van der Waals surface area (Å²) in [6.07, 6.45) is 1.89. The SMILES string of the molecule is CN(CC1CCNCC1)S(=O)(=O)c1ccc(Br)cc1F. The van der Waals surface area contributed by atoms with E-state index in [1.807, 2.05) is 0 Å². The summed E-state index contributed by atoms with van der Waals surface area (Å²) in [5.41, 5.74) is 0. The molecule has 4 nitrogen and oxygen atoms in total. The number of nitrogens with one attached hydrogen (secondary N) is 1. The van der Waals surface area contributed by atoms with Crippen LogP contribution in [0.4, 0.5) is 4.39 Å². The summed E-state index contributed by atoms with van der Waals surface area (Å²) in [6, 6.07) is 4.01. The third-order valence-electron chi connectivity index (χ3n) is 3.56. The van der Waals surface area contributed by atoms with Crippen LogP contribution in [0.2, 0.25) is 0 Å². The van der Waals surface area contributed by atoms with Crippen LogP contribution >= 0.6 is 15.9 Å². The molecule has 0 spiro atoms. The fraction of sp³-hybridized carbons (Fsp3) is 0.538. The number of halogens is 2. The first-order chi connectivity index (χ1) is 9.41. The van der Waals surface area contributed by atoms with Gasteiger partial charge in [-0.3, -0.25) is 0 Å². The number of benzene rings is 1. The van der Waals surface area contributed by atoms with Gasteiger partial charge in [0.25, 0.3) is 0 Å². The molecule has 20 heavy (non-hydrogen) atoms. The van der Waals surface area contributed by atoms with Crippen LogP contribution in [-0.4, -0.2) is 39.4 Å². The molecule has 1 saturated heterocycles. The molecule has 2 rings (SSSR count). The van der Waals surface area contributed by atoms with E-state index in [0.717, 1.165) is 25.9 Å². The second-order valence-electron chi connectivity index (χ2n) is 5.05. The van der Waals surface area contributed by atoms with Crippen LogP contribution in [0.3, 0.4) is 0 Å². The molecule has 0 atom stereocenters. The van der Waals surface area contributed by atoms with E-state index in [2.05, 4.69) is 21.2 Å². The van der Waals surface area contributed by atoms with Crippen LogP contribution in [0, 0.1) is 11.7 Å². The van der Waals surface area contributed by atoms with Crippen molar-refractivity contribution in [3.05, 3.63) is 28.5 Å². The van der Waals surface area contributed by atoms with E-state index >= 15 is 0 Å². The van der Waals surface area contributed by atoms with Crippen LogP contribution in [0.1, 0.15) is 12.8 Å². The Bertz CT molecular complexity index is 574. The first kappa shape index (κ1) is 15.9. The molecule has 1 aliphatic heterocycles. The zero-order valence-corrected chi connectivity index (χ0v) is 13.7. The van der Waals surface area contributed by atoms with E-state index in [1.165, 1.54) is 29.6 Å². The molecule has 1 aromatic rings. The lowest BCUT2D eigenvalue weighted by molar-refractivity contribution is 0.310. The Balaban J connectivity index is 2.16. The van der Waals surface area contributed by atoms with E-state index in [9.17, 15) is 12.8 Å². The number of nitrogens with zero attached hydrogens (tertiary/aromatic N) is 1. The van der Waals surface area contributed by atoms with Gasteiger partial charge in [0.05, 0.1) is 0 Å². The minimum atomic E-state index is -3.77. The highest BCUT2D eigenvalue weighted by Crippen LogP contribution is 2.23. The molecule has 1 aromatic carbocycles. The lowest BCUT2D eigenvalue weighted by Gasteiger charge is -2.27. The minimum Gasteiger partial charge on any atom is -0.317 e. The summed E-state index contributed by atoms with van der Waals surface area (Å²) in [6.45, 7) is 2.25. The van der Waals surface area contributed by atoms with Gasteiger partial charge in [-0.15, -0.1) is 0 Å². The highest BCUT2D eigenvalue weighted by molar-refractivity contribution is 9.10. The Morgan fingerprint density at radius 1 is 1.40 bits per heavy atom. The average Bonchev–Trinajstić information content (AvgIpc) is 2.39. The normalized spacial score (nSPS) is 17.6. The lowest BCUT2D eigenvalue weighted by atomic mass is 9.98. The first-order valence-corrected chi connectivity index (χ1v) is 8.76. The van der Waals surface area contributed by atoms with Gasteiger partial charge in [-0.2, -0.15) is 0 Å². The third kappa shape index (κ3) is 3.58. The van der Waals surface area contributed by atoms with Crippen LogP contribution in [-0.2, 0) is 10.0 Å². The molecule has 1 heterocycles. The van der Waals surface area contributed by atoms with E-state index in [1.54, 1.807) is 0 Å². The molecule has 1 N–H and O–H groups in total. The monoisotopic (exact) mass is 364 g/mol. The molecular weight excluding hydrogens is 347 g/mol. The molecule has 0 amide bonds. The predicted molar refractivity (Wildman–Crippen MR) is 79.5 cm³/mol. The van der Waals surface area contributed by atoms with E-state index < -0.39 is 15.8 Å². The largest absolute Gasteiger partial charge is 0.317 e. The lowest BCUT2D eigenvalue weighted by Crippen LogP contribution is -2.37. The van der Waals surface area contributed by atoms with E-state index in [4.69, 9.17) is 0 Å². The van der Waals surface area contributed by atoms with Gasteiger partial charge in [0.15, 0.2) is 0 Å². The Hall–Kier alpha value is -0.500. The van der Waals surface area contributed by atoms with Crippen molar-refractivity contribution < 1.29 is 12.8 Å². The third-order valence-corrected chi connectivity index (χ3v) is 5.91. The molecule has 0 aromatic heterocycles. The van der Waals surface area contributed by atoms with Crippen molar-refractivity contribution in [3.63, 3.8) is 0 Å². The molecule has 112 valence electrons. The standard InChI is InChI=1S/C13H18BrFN2O2S/c1-17(9-10-4-6-16-7-5-10)20(18,19)13-3-2-11(14)8-12(13)15/h2-3,8,10,16H,4-7,9H2,1H3. The van der Waals surface area contributed by atoms with Gasteiger partial charge in [-0.1, -0.05) is 15.9 Å². The first-order valence-electron chi connectivity index (χ1n) is 6.53. The Labute approximate surface area is 127 Å². The molecule has 0 unspecified atom stereocenters. The molecule has 0 aliphatic carbocycles. The van der Waals surface area contributed by atoms with Gasteiger partial charge in [-0.05, 0) is 50.0 Å². The predicted octanol–water partition coefficient (Wildman–Crippen LogP) is 2.21. The van der Waals surface area contributed by atoms with Gasteiger partial charge in [0, 0.05) is 18.1 Å². The Morgan fingerprint density at radius 2 is 2.05 bits per heavy atom. The summed E-state index contributed by atoms with van der Waals surface area (Å²) in [7, 11) is -2.26. The summed E-state index contributed by atoms with van der Waals surface area (Å²) in [4.78, 5) is -0.267. The van der Waals surface area contributed by atoms with Crippen molar-refractivity contribution >= 4 is 26.0 Å². The van der Waals surface area contributed by atoms with E-state index in [0.29, 0.717) is 16.9 Å². The van der Waals surface area contributed by atoms with Crippen LogP contribution in [0.25, 0.3) is 0 Å². The van der Waals surface area contributed by atoms with Gasteiger partial charge < -0.3 is 5.32 Å². The van der Waals surface area contributed by atoms with Crippen molar-refractivity contribution in [3.8, 4) is 0 Å². The highest BCUT2D eigenvalue weighted by atomic mass is 79.9. The van der Waals surface area contributed by atoms with Crippen molar-refractivity contribution in [2.24, 2.45) is 5.92 Å². The fourth-order valence-electron chi connectivity index (χ4n) is 2.38. The summed E-state index contributed by atoms with van der Waals surface area (Å²) < 4.78 is 40.4. The molecule has 1 aliphatic rings. The molecule has 0 saturated carbocycles. The van der Waals surface area contributed by atoms with Gasteiger partial charge in [0.1, 0.15) is 10.7 Å². The molecule has 7 heteroatoms. The maximum absolute atomic E-state index is 13.8. The average molecular weight is 365 g/mol. The van der Waals surface area contributed by atoms with Crippen LogP contribution in [0.15, 0.2) is 27.6 Å².